The highest BCUT2D eigenvalue weighted by Gasteiger charge is 2.23. The molecule has 3 aromatic rings. The number of carbonyl (C=O) groups is 1. The molecule has 0 aliphatic carbocycles. The van der Waals surface area contributed by atoms with Crippen LogP contribution in [0.3, 0.4) is 0 Å². The van der Waals surface area contributed by atoms with Gasteiger partial charge in [0.15, 0.2) is 6.61 Å². The van der Waals surface area contributed by atoms with Crippen molar-refractivity contribution in [2.24, 2.45) is 0 Å². The van der Waals surface area contributed by atoms with Crippen molar-refractivity contribution in [2.75, 3.05) is 17.7 Å². The van der Waals surface area contributed by atoms with Gasteiger partial charge in [-0.1, -0.05) is 12.1 Å². The number of nitrogens with one attached hydrogen (secondary N) is 1. The molecule has 132 valence electrons. The van der Waals surface area contributed by atoms with Crippen LogP contribution in [0.4, 0.5) is 11.4 Å². The number of nitrogens with zero attached hydrogens (tertiary/aromatic N) is 1. The van der Waals surface area contributed by atoms with Crippen molar-refractivity contribution < 1.29 is 9.53 Å². The third kappa shape index (κ3) is 2.72. The van der Waals surface area contributed by atoms with E-state index in [4.69, 9.17) is 15.5 Å². The van der Waals surface area contributed by atoms with Gasteiger partial charge in [0, 0.05) is 22.2 Å². The van der Waals surface area contributed by atoms with Gasteiger partial charge in [0.25, 0.3) is 5.91 Å². The molecule has 0 bridgehead atoms. The van der Waals surface area contributed by atoms with E-state index in [0.29, 0.717) is 0 Å². The predicted octanol–water partition coefficient (Wildman–Crippen LogP) is 4.32. The average molecular weight is 365 g/mol. The molecule has 2 heterocycles. The van der Waals surface area contributed by atoms with Gasteiger partial charge in [-0.2, -0.15) is 0 Å². The van der Waals surface area contributed by atoms with Crippen LogP contribution >= 0.6 is 11.3 Å². The van der Waals surface area contributed by atoms with Crippen LogP contribution in [0.1, 0.15) is 16.7 Å². The zero-order valence-electron chi connectivity index (χ0n) is 14.8. The van der Waals surface area contributed by atoms with Crippen LogP contribution < -0.4 is 15.8 Å². The number of ether oxygens (including phenoxy) is 1. The highest BCUT2D eigenvalue weighted by molar-refractivity contribution is 7.13. The van der Waals surface area contributed by atoms with Gasteiger partial charge in [0.05, 0.1) is 11.4 Å². The zero-order valence-corrected chi connectivity index (χ0v) is 15.7. The second kappa shape index (κ2) is 6.14. The van der Waals surface area contributed by atoms with E-state index in [0.717, 1.165) is 55.6 Å². The molecule has 0 unspecified atom stereocenters. The molecule has 0 fully saturated rings. The van der Waals surface area contributed by atoms with Crippen LogP contribution in [0.5, 0.6) is 5.75 Å². The fraction of sp³-hybridized carbons (Fsp3) is 0.200. The summed E-state index contributed by atoms with van der Waals surface area (Å²) in [5.41, 5.74) is 13.4. The highest BCUT2D eigenvalue weighted by atomic mass is 32.1. The fourth-order valence-electron chi connectivity index (χ4n) is 3.11. The summed E-state index contributed by atoms with van der Waals surface area (Å²) in [4.78, 5) is 16.5. The lowest BCUT2D eigenvalue weighted by atomic mass is 9.99. The first kappa shape index (κ1) is 16.6. The monoisotopic (exact) mass is 365 g/mol. The number of amides is 1. The summed E-state index contributed by atoms with van der Waals surface area (Å²) in [7, 11) is 0. The smallest absolute Gasteiger partial charge is 0.262 e. The Hall–Kier alpha value is -2.86. The van der Waals surface area contributed by atoms with Gasteiger partial charge < -0.3 is 15.8 Å². The fourth-order valence-corrected chi connectivity index (χ4v) is 3.93. The molecule has 1 aromatic heterocycles. The molecular weight excluding hydrogens is 346 g/mol. The van der Waals surface area contributed by atoms with Gasteiger partial charge in [-0.05, 0) is 49.6 Å². The molecule has 1 aliphatic rings. The number of carbonyl (C=O) groups excluding carboxylic acids is 1. The maximum absolute atomic E-state index is 11.7. The number of aryl methyl sites for hydroxylation is 2. The average Bonchev–Trinajstić information content (AvgIpc) is 3.10. The Bertz CT molecular complexity index is 1040. The van der Waals surface area contributed by atoms with E-state index in [1.54, 1.807) is 11.3 Å². The van der Waals surface area contributed by atoms with Gasteiger partial charge >= 0.3 is 0 Å². The molecule has 0 radical (unpaired) electrons. The third-order valence-corrected chi connectivity index (χ3v) is 5.53. The van der Waals surface area contributed by atoms with Crippen LogP contribution in [-0.4, -0.2) is 17.5 Å². The third-order valence-electron chi connectivity index (χ3n) is 4.64. The molecule has 3 N–H and O–H groups in total. The molecular formula is C20H19N3O2S. The molecule has 1 amide bonds. The van der Waals surface area contributed by atoms with Gasteiger partial charge in [-0.15, -0.1) is 11.3 Å². The number of hydrogen-bond acceptors (Lipinski definition) is 5. The molecule has 26 heavy (non-hydrogen) atoms. The predicted molar refractivity (Wildman–Crippen MR) is 106 cm³/mol. The van der Waals surface area contributed by atoms with Gasteiger partial charge in [0.1, 0.15) is 10.8 Å². The first-order chi connectivity index (χ1) is 12.4. The molecule has 4 rings (SSSR count). The first-order valence-electron chi connectivity index (χ1n) is 8.33. The van der Waals surface area contributed by atoms with Crippen molar-refractivity contribution in [3.63, 3.8) is 0 Å². The van der Waals surface area contributed by atoms with Gasteiger partial charge in [0.2, 0.25) is 0 Å². The summed E-state index contributed by atoms with van der Waals surface area (Å²) in [5, 5.41) is 5.88. The molecule has 0 saturated heterocycles. The lowest BCUT2D eigenvalue weighted by Gasteiger charge is -2.23. The van der Waals surface area contributed by atoms with E-state index < -0.39 is 0 Å². The minimum Gasteiger partial charge on any atom is -0.481 e. The first-order valence-corrected chi connectivity index (χ1v) is 9.21. The van der Waals surface area contributed by atoms with Crippen LogP contribution in [0.15, 0.2) is 29.6 Å². The summed E-state index contributed by atoms with van der Waals surface area (Å²) in [6.45, 7) is 6.00. The number of nitrogen functional groups attached to an aromatic ring is 1. The lowest BCUT2D eigenvalue weighted by molar-refractivity contribution is -0.118. The zero-order chi connectivity index (χ0) is 18.4. The molecule has 0 saturated carbocycles. The number of benzene rings is 2. The number of rotatable bonds is 2. The minimum absolute atomic E-state index is 0.0579. The van der Waals surface area contributed by atoms with Crippen LogP contribution in [-0.2, 0) is 4.79 Å². The standard InChI is InChI=1S/C20H19N3O2S/c1-10-4-5-13(7-15(10)21)20-22-16(9-26-20)14-6-11(2)19-18(12(14)3)23-17(24)8-25-19/h4-7,9H,8,21H2,1-3H3,(H,23,24). The topological polar surface area (TPSA) is 77.2 Å². The second-order valence-electron chi connectivity index (χ2n) is 6.52. The van der Waals surface area contributed by atoms with Crippen LogP contribution in [0, 0.1) is 20.8 Å². The molecule has 5 nitrogen and oxygen atoms in total. The summed E-state index contributed by atoms with van der Waals surface area (Å²) >= 11 is 1.58. The Labute approximate surface area is 155 Å². The normalized spacial score (nSPS) is 13.1. The Morgan fingerprint density at radius 1 is 1.19 bits per heavy atom. The summed E-state index contributed by atoms with van der Waals surface area (Å²) < 4.78 is 5.59. The number of fused-ring (bicyclic) bond motifs is 1. The largest absolute Gasteiger partial charge is 0.481 e. The molecule has 1 aliphatic heterocycles. The lowest BCUT2D eigenvalue weighted by Crippen LogP contribution is -2.26. The highest BCUT2D eigenvalue weighted by Crippen LogP contribution is 2.41. The number of anilines is 2. The van der Waals surface area contributed by atoms with Crippen molar-refractivity contribution >= 4 is 28.6 Å². The van der Waals surface area contributed by atoms with E-state index in [1.165, 1.54) is 0 Å². The van der Waals surface area contributed by atoms with E-state index in [9.17, 15) is 4.79 Å². The number of nitrogens with two attached hydrogens (primary N) is 1. The van der Waals surface area contributed by atoms with Crippen molar-refractivity contribution in [2.45, 2.75) is 20.8 Å². The van der Waals surface area contributed by atoms with E-state index in [1.807, 2.05) is 44.4 Å². The molecule has 0 spiro atoms. The minimum atomic E-state index is -0.133. The Kier molecular flexibility index (Phi) is 3.92. The maximum Gasteiger partial charge on any atom is 0.262 e. The quantitative estimate of drug-likeness (QED) is 0.663. The Morgan fingerprint density at radius 3 is 2.77 bits per heavy atom. The van der Waals surface area contributed by atoms with Crippen LogP contribution in [0.2, 0.25) is 0 Å². The van der Waals surface area contributed by atoms with Crippen molar-refractivity contribution in [1.29, 1.82) is 0 Å². The summed E-state index contributed by atoms with van der Waals surface area (Å²) in [5.74, 6) is 0.610. The van der Waals surface area contributed by atoms with Crippen LogP contribution in [0.25, 0.3) is 21.8 Å². The van der Waals surface area contributed by atoms with E-state index in [2.05, 4.69) is 11.4 Å². The van der Waals surface area contributed by atoms with Gasteiger partial charge in [-0.3, -0.25) is 4.79 Å². The SMILES string of the molecule is Cc1ccc(-c2nc(-c3cc(C)c4c(c3C)NC(=O)CO4)cs2)cc1N. The molecule has 6 heteroatoms. The van der Waals surface area contributed by atoms with Crippen molar-refractivity contribution in [1.82, 2.24) is 4.98 Å². The van der Waals surface area contributed by atoms with E-state index in [-0.39, 0.29) is 12.5 Å². The van der Waals surface area contributed by atoms with Crippen molar-refractivity contribution in [3.8, 4) is 27.6 Å². The molecule has 0 atom stereocenters. The van der Waals surface area contributed by atoms with Gasteiger partial charge in [-0.25, -0.2) is 4.98 Å². The Morgan fingerprint density at radius 2 is 2.00 bits per heavy atom. The molecule has 2 aromatic carbocycles. The summed E-state index contributed by atoms with van der Waals surface area (Å²) in [6.07, 6.45) is 0. The Balaban J connectivity index is 1.78. The second-order valence-corrected chi connectivity index (χ2v) is 7.37. The van der Waals surface area contributed by atoms with Crippen molar-refractivity contribution in [3.05, 3.63) is 46.3 Å². The number of hydrogen-bond donors (Lipinski definition) is 2. The number of aromatic nitrogens is 1. The van der Waals surface area contributed by atoms with E-state index >= 15 is 0 Å². The summed E-state index contributed by atoms with van der Waals surface area (Å²) in [6, 6.07) is 8.06. The number of thiazole rings is 1. The maximum atomic E-state index is 11.7.